The Kier molecular flexibility index (Phi) is 9.05. The number of halogens is 2. The van der Waals surface area contributed by atoms with Crippen LogP contribution in [0.1, 0.15) is 13.8 Å². The zero-order valence-corrected chi connectivity index (χ0v) is 22.2. The summed E-state index contributed by atoms with van der Waals surface area (Å²) in [4.78, 5) is 0. The van der Waals surface area contributed by atoms with Crippen LogP contribution < -0.4 is 0 Å². The Morgan fingerprint density at radius 1 is 0.875 bits per heavy atom. The Morgan fingerprint density at radius 3 is 1.62 bits per heavy atom. The molecule has 0 aromatic heterocycles. The van der Waals surface area contributed by atoms with E-state index in [-0.39, 0.29) is 41.1 Å². The molecule has 0 saturated carbocycles. The maximum atomic E-state index is 3.86. The van der Waals surface area contributed by atoms with E-state index < -0.39 is 0 Å². The van der Waals surface area contributed by atoms with Gasteiger partial charge in [-0.05, 0) is 0 Å². The number of fused-ring (bicyclic) bond motifs is 2. The molecule has 0 nitrogen and oxygen atoms in total. The summed E-state index contributed by atoms with van der Waals surface area (Å²) >= 11 is 13.7. The summed E-state index contributed by atoms with van der Waals surface area (Å²) < 4.78 is 0.853. The van der Waals surface area contributed by atoms with Gasteiger partial charge in [-0.1, -0.05) is 57.9 Å². The number of hydrogen-bond donors (Lipinski definition) is 0. The molecule has 2 aliphatic heterocycles. The number of rotatable bonds is 2. The minimum atomic E-state index is 0. The molecule has 0 spiro atoms. The van der Waals surface area contributed by atoms with Gasteiger partial charge in [0, 0.05) is 18.8 Å². The van der Waals surface area contributed by atoms with E-state index >= 15 is 0 Å². The molecule has 4 aliphatic rings. The molecular weight excluding hydrogens is 563 g/mol. The minimum absolute atomic E-state index is 0. The van der Waals surface area contributed by atoms with E-state index in [9.17, 15) is 0 Å². The molecule has 0 aromatic carbocycles. The average Bonchev–Trinajstić information content (AvgIpc) is 3.06. The van der Waals surface area contributed by atoms with Gasteiger partial charge in [0.2, 0.25) is 0 Å². The molecule has 6 heteroatoms. The molecule has 24 heavy (non-hydrogen) atoms. The summed E-state index contributed by atoms with van der Waals surface area (Å²) in [5.41, 5.74) is 5.81. The molecule has 0 bridgehead atoms. The molecule has 2 fully saturated rings. The second-order valence-electron chi connectivity index (χ2n) is 5.60. The first-order valence-corrected chi connectivity index (χ1v) is 11.4. The molecule has 2 heterocycles. The van der Waals surface area contributed by atoms with Crippen LogP contribution in [0.25, 0.3) is 0 Å². The molecule has 0 amide bonds. The molecule has 128 valence electrons. The van der Waals surface area contributed by atoms with E-state index in [1.165, 1.54) is 32.8 Å². The maximum Gasteiger partial charge on any atom is 4.00 e. The van der Waals surface area contributed by atoms with Gasteiger partial charge in [0.15, 0.2) is 0 Å². The van der Waals surface area contributed by atoms with Gasteiger partial charge in [0.05, 0.1) is 0 Å². The van der Waals surface area contributed by atoms with E-state index in [4.69, 9.17) is 0 Å². The second kappa shape index (κ2) is 9.19. The monoisotopic (exact) mass is 580 g/mol. The first kappa shape index (κ1) is 23.6. The molecular formula is C18H20Br2S3Zr. The van der Waals surface area contributed by atoms with Gasteiger partial charge < -0.3 is 14.9 Å². The standard InChI is InChI=1S/C16H14Br2S3.2CH3.Zr/c1-7-3-9-11(5-7)19-15(17)13(9)21-14-10-4-8(2)6-12(10)20-16(14)18;;;/h3-6,11-12,15-16H,1-2H3;2*1H3;/q-2;2*-1;+4. The van der Waals surface area contributed by atoms with Gasteiger partial charge in [-0.25, -0.2) is 12.2 Å². The van der Waals surface area contributed by atoms with Crippen LogP contribution in [0.5, 0.6) is 0 Å². The van der Waals surface area contributed by atoms with Crippen molar-refractivity contribution in [1.29, 1.82) is 0 Å². The summed E-state index contributed by atoms with van der Waals surface area (Å²) in [6.45, 7) is 4.40. The van der Waals surface area contributed by atoms with Crippen molar-refractivity contribution in [2.75, 3.05) is 0 Å². The number of hydrogen-bond acceptors (Lipinski definition) is 3. The quantitative estimate of drug-likeness (QED) is 0.251. The number of thioether (sulfide) groups is 3. The van der Waals surface area contributed by atoms with Crippen molar-refractivity contribution in [2.45, 2.75) is 32.7 Å². The molecule has 0 N–H and O–H groups in total. The minimum Gasteiger partial charge on any atom is -0.358 e. The van der Waals surface area contributed by atoms with Crippen LogP contribution in [0, 0.1) is 25.4 Å². The molecule has 2 saturated heterocycles. The molecule has 4 unspecified atom stereocenters. The van der Waals surface area contributed by atoms with Crippen LogP contribution in [0.15, 0.2) is 46.6 Å². The third-order valence-corrected chi connectivity index (χ3v) is 10.8. The van der Waals surface area contributed by atoms with Crippen molar-refractivity contribution in [2.24, 2.45) is 0 Å². The Morgan fingerprint density at radius 2 is 1.25 bits per heavy atom. The van der Waals surface area contributed by atoms with Gasteiger partial charge in [-0.3, -0.25) is 11.8 Å². The molecule has 4 atom stereocenters. The van der Waals surface area contributed by atoms with Crippen molar-refractivity contribution in [1.82, 2.24) is 0 Å². The van der Waals surface area contributed by atoms with E-state index in [0.29, 0.717) is 18.8 Å². The fourth-order valence-corrected chi connectivity index (χ4v) is 9.62. The molecule has 0 radical (unpaired) electrons. The van der Waals surface area contributed by atoms with Crippen LogP contribution in [0.3, 0.4) is 0 Å². The predicted molar refractivity (Wildman–Crippen MR) is 119 cm³/mol. The Labute approximate surface area is 196 Å². The van der Waals surface area contributed by atoms with Crippen molar-refractivity contribution in [3.8, 4) is 0 Å². The zero-order chi connectivity index (χ0) is 14.7. The summed E-state index contributed by atoms with van der Waals surface area (Å²) in [7, 11) is 0. The summed E-state index contributed by atoms with van der Waals surface area (Å²) in [6.07, 6.45) is 9.48. The third-order valence-electron chi connectivity index (χ3n) is 3.94. The molecule has 4 rings (SSSR count). The summed E-state index contributed by atoms with van der Waals surface area (Å²) in [5, 5.41) is 4.08. The fraction of sp³-hybridized carbons (Fsp3) is 0.333. The number of allylic oxidation sites excluding steroid dienone is 4. The van der Waals surface area contributed by atoms with Crippen molar-refractivity contribution < 1.29 is 26.2 Å². The normalized spacial score (nSPS) is 32.7. The smallest absolute Gasteiger partial charge is 0.358 e. The topological polar surface area (TPSA) is 0 Å². The largest absolute Gasteiger partial charge is 4.00 e. The van der Waals surface area contributed by atoms with Gasteiger partial charge in [0.25, 0.3) is 0 Å². The van der Waals surface area contributed by atoms with Crippen LogP contribution >= 0.6 is 67.1 Å². The van der Waals surface area contributed by atoms with E-state index in [2.05, 4.69) is 70.0 Å². The van der Waals surface area contributed by atoms with E-state index in [0.717, 1.165) is 0 Å². The van der Waals surface area contributed by atoms with Crippen LogP contribution in [0.2, 0.25) is 0 Å². The summed E-state index contributed by atoms with van der Waals surface area (Å²) in [5.74, 6) is 0. The molecule has 2 aliphatic carbocycles. The Hall–Kier alpha value is 1.59. The van der Waals surface area contributed by atoms with Gasteiger partial charge in [0.1, 0.15) is 0 Å². The average molecular weight is 584 g/mol. The first-order chi connectivity index (χ1) is 10.0. The third kappa shape index (κ3) is 4.19. The predicted octanol–water partition coefficient (Wildman–Crippen LogP) is 7.13. The van der Waals surface area contributed by atoms with Crippen LogP contribution in [-0.4, -0.2) is 18.8 Å². The van der Waals surface area contributed by atoms with Crippen molar-refractivity contribution in [3.63, 3.8) is 0 Å². The Bertz CT molecular complexity index is 559. The SMILES string of the molecule is CC1=CC2SC(Br)[C-](S[C-]3C4=CC(C)=CC4SC3Br)C2=C1.[CH3-].[CH3-].[Zr+4]. The first-order valence-electron chi connectivity index (χ1n) is 6.84. The summed E-state index contributed by atoms with van der Waals surface area (Å²) in [6, 6.07) is 0. The Balaban J connectivity index is 0.000000960. The molecule has 0 aromatic rings. The maximum absolute atomic E-state index is 3.86. The van der Waals surface area contributed by atoms with E-state index in [1.807, 2.05) is 35.3 Å². The second-order valence-corrected chi connectivity index (χ2v) is 12.2. The number of alkyl halides is 2. The van der Waals surface area contributed by atoms with Gasteiger partial charge in [-0.2, -0.15) is 34.7 Å². The van der Waals surface area contributed by atoms with Crippen molar-refractivity contribution in [3.05, 3.63) is 71.9 Å². The van der Waals surface area contributed by atoms with Crippen molar-refractivity contribution >= 4 is 67.1 Å². The van der Waals surface area contributed by atoms with Crippen LogP contribution in [-0.2, 0) is 26.2 Å². The van der Waals surface area contributed by atoms with Crippen LogP contribution in [0.4, 0.5) is 0 Å². The van der Waals surface area contributed by atoms with Gasteiger partial charge in [-0.15, -0.1) is 21.6 Å². The fourth-order valence-electron chi connectivity index (χ4n) is 3.03. The zero-order valence-electron chi connectivity index (χ0n) is 14.1. The van der Waals surface area contributed by atoms with E-state index in [1.54, 1.807) is 0 Å². The van der Waals surface area contributed by atoms with Gasteiger partial charge >= 0.3 is 26.2 Å².